The van der Waals surface area contributed by atoms with Gasteiger partial charge in [-0.05, 0) is 53.9 Å². The Hall–Kier alpha value is -4.76. The van der Waals surface area contributed by atoms with Crippen LogP contribution in [-0.2, 0) is 0 Å². The van der Waals surface area contributed by atoms with E-state index < -0.39 is 4.92 Å². The van der Waals surface area contributed by atoms with E-state index in [-0.39, 0.29) is 12.5 Å². The summed E-state index contributed by atoms with van der Waals surface area (Å²) in [6.45, 7) is 4.14. The van der Waals surface area contributed by atoms with Gasteiger partial charge in [0, 0.05) is 10.9 Å². The van der Waals surface area contributed by atoms with Gasteiger partial charge in [-0.2, -0.15) is 5.10 Å². The lowest BCUT2D eigenvalue weighted by atomic mass is 10.0. The minimum atomic E-state index is -0.451. The molecule has 0 atom stereocenters. The number of benzene rings is 4. The molecule has 0 saturated carbocycles. The van der Waals surface area contributed by atoms with Gasteiger partial charge in [0.15, 0.2) is 11.5 Å². The molecule has 1 aliphatic rings. The van der Waals surface area contributed by atoms with Crippen LogP contribution in [0.4, 0.5) is 11.4 Å². The van der Waals surface area contributed by atoms with Crippen LogP contribution >= 0.6 is 11.3 Å². The molecule has 0 amide bonds. The molecular weight excluding hydrogens is 500 g/mol. The molecule has 6 rings (SSSR count). The maximum atomic E-state index is 11.8. The number of hydrogen-bond acceptors (Lipinski definition) is 7. The summed E-state index contributed by atoms with van der Waals surface area (Å²) in [4.78, 5) is 16.9. The summed E-state index contributed by atoms with van der Waals surface area (Å²) in [7, 11) is 0. The largest absolute Gasteiger partial charge is 0.454 e. The zero-order chi connectivity index (χ0) is 26.2. The van der Waals surface area contributed by atoms with E-state index in [9.17, 15) is 10.1 Å². The fraction of sp³-hybridized carbons (Fsp3) is 0.103. The molecule has 0 aliphatic carbocycles. The monoisotopic (exact) mass is 522 g/mol. The van der Waals surface area contributed by atoms with Crippen molar-refractivity contribution in [2.75, 3.05) is 6.79 Å². The Kier molecular flexibility index (Phi) is 5.97. The quantitative estimate of drug-likeness (QED) is 0.145. The van der Waals surface area contributed by atoms with Crippen molar-refractivity contribution in [1.82, 2.24) is 4.68 Å². The van der Waals surface area contributed by atoms with Gasteiger partial charge in [0.05, 0.1) is 34.1 Å². The molecule has 0 fully saturated rings. The number of nitro benzene ring substituents is 1. The predicted octanol–water partition coefficient (Wildman–Crippen LogP) is 6.74. The minimum absolute atomic E-state index is 0.0244. The first-order valence-electron chi connectivity index (χ1n) is 11.9. The number of hydrogen-bond donors (Lipinski definition) is 0. The van der Waals surface area contributed by atoms with Gasteiger partial charge in [0.2, 0.25) is 11.6 Å². The summed E-state index contributed by atoms with van der Waals surface area (Å²) >= 11 is 1.45. The van der Waals surface area contributed by atoms with Crippen LogP contribution < -0.4 is 14.3 Å². The Morgan fingerprint density at radius 2 is 1.76 bits per heavy atom. The molecular formula is C29H22N4O4S. The molecule has 4 aromatic carbocycles. The molecule has 38 heavy (non-hydrogen) atoms. The smallest absolute Gasteiger partial charge is 0.282 e. The number of ether oxygens (including phenoxy) is 2. The summed E-state index contributed by atoms with van der Waals surface area (Å²) in [6.07, 6.45) is 1.47. The third-order valence-corrected chi connectivity index (χ3v) is 7.31. The lowest BCUT2D eigenvalue weighted by Crippen LogP contribution is -2.12. The molecule has 0 bridgehead atoms. The van der Waals surface area contributed by atoms with Crippen LogP contribution in [0.25, 0.3) is 22.0 Å². The molecule has 0 radical (unpaired) electrons. The molecule has 5 aromatic rings. The number of aryl methyl sites for hydroxylation is 2. The Morgan fingerprint density at radius 1 is 0.974 bits per heavy atom. The normalized spacial score (nSPS) is 13.1. The van der Waals surface area contributed by atoms with Gasteiger partial charge >= 0.3 is 0 Å². The molecule has 0 unspecified atom stereocenters. The Morgan fingerprint density at radius 3 is 2.58 bits per heavy atom. The number of nitrogens with zero attached hydrogens (tertiary/aromatic N) is 4. The predicted molar refractivity (Wildman–Crippen MR) is 149 cm³/mol. The average molecular weight is 523 g/mol. The molecule has 0 saturated heterocycles. The third kappa shape index (κ3) is 4.33. The van der Waals surface area contributed by atoms with Crippen LogP contribution in [0.5, 0.6) is 11.5 Å². The maximum Gasteiger partial charge on any atom is 0.282 e. The van der Waals surface area contributed by atoms with E-state index in [0.717, 1.165) is 33.3 Å². The van der Waals surface area contributed by atoms with Gasteiger partial charge in [-0.3, -0.25) is 10.1 Å². The molecule has 1 aromatic heterocycles. The van der Waals surface area contributed by atoms with Gasteiger partial charge in [-0.25, -0.2) is 9.67 Å². The second kappa shape index (κ2) is 9.60. The Bertz CT molecular complexity index is 1810. The average Bonchev–Trinajstić information content (AvgIpc) is 3.55. The highest BCUT2D eigenvalue weighted by atomic mass is 32.1. The summed E-state index contributed by atoms with van der Waals surface area (Å²) in [6, 6.07) is 23.2. The van der Waals surface area contributed by atoms with Crippen molar-refractivity contribution >= 4 is 39.7 Å². The highest BCUT2D eigenvalue weighted by Gasteiger charge is 2.23. The first kappa shape index (κ1) is 23.6. The van der Waals surface area contributed by atoms with Gasteiger partial charge < -0.3 is 9.47 Å². The van der Waals surface area contributed by atoms with E-state index in [2.05, 4.69) is 32.0 Å². The van der Waals surface area contributed by atoms with Crippen LogP contribution in [0, 0.1) is 24.0 Å². The first-order valence-corrected chi connectivity index (χ1v) is 12.8. The van der Waals surface area contributed by atoms with Crippen molar-refractivity contribution < 1.29 is 14.4 Å². The number of aromatic nitrogens is 1. The van der Waals surface area contributed by atoms with Crippen molar-refractivity contribution in [1.29, 1.82) is 0 Å². The van der Waals surface area contributed by atoms with E-state index >= 15 is 0 Å². The van der Waals surface area contributed by atoms with Crippen molar-refractivity contribution in [2.24, 2.45) is 10.1 Å². The number of thiazole rings is 1. The maximum absolute atomic E-state index is 11.8. The topological polar surface area (TPSA) is 91.2 Å². The van der Waals surface area contributed by atoms with E-state index in [0.29, 0.717) is 21.9 Å². The van der Waals surface area contributed by atoms with Gasteiger partial charge in [-0.1, -0.05) is 48.5 Å². The fourth-order valence-electron chi connectivity index (χ4n) is 4.36. The SMILES string of the molecule is Cc1ccc(N=c2scc(-c3cccc4ccccc34)n2N=Cc2cc3c(cc2[N+](=O)[O-])OCO3)cc1C. The Balaban J connectivity index is 1.55. The van der Waals surface area contributed by atoms with Crippen molar-refractivity contribution in [3.8, 4) is 22.8 Å². The lowest BCUT2D eigenvalue weighted by Gasteiger charge is -2.08. The highest BCUT2D eigenvalue weighted by Crippen LogP contribution is 2.37. The standard InChI is InChI=1S/C29H22N4O4S/c1-18-10-11-22(12-19(18)2)31-29-32(26(16-38-29)24-9-5-7-20-6-3-4-8-23(20)24)30-15-21-13-27-28(37-17-36-27)14-25(21)33(34)35/h3-16H,17H2,1-2H3. The third-order valence-electron chi connectivity index (χ3n) is 6.50. The zero-order valence-corrected chi connectivity index (χ0v) is 21.4. The fourth-order valence-corrected chi connectivity index (χ4v) is 5.20. The number of rotatable bonds is 5. The van der Waals surface area contributed by atoms with Crippen LogP contribution in [0.2, 0.25) is 0 Å². The first-order chi connectivity index (χ1) is 18.5. The Labute approximate surface area is 221 Å². The molecule has 8 nitrogen and oxygen atoms in total. The summed E-state index contributed by atoms with van der Waals surface area (Å²) in [5.41, 5.74) is 5.13. The van der Waals surface area contributed by atoms with E-state index in [1.807, 2.05) is 47.8 Å². The number of nitro groups is 1. The van der Waals surface area contributed by atoms with E-state index in [1.165, 1.54) is 29.2 Å². The second-order valence-electron chi connectivity index (χ2n) is 8.89. The summed E-state index contributed by atoms with van der Waals surface area (Å²) < 4.78 is 12.5. The van der Waals surface area contributed by atoms with Gasteiger partial charge in [0.25, 0.3) is 5.69 Å². The molecule has 0 N–H and O–H groups in total. The minimum Gasteiger partial charge on any atom is -0.454 e. The van der Waals surface area contributed by atoms with Gasteiger partial charge in [0.1, 0.15) is 0 Å². The second-order valence-corrected chi connectivity index (χ2v) is 9.72. The lowest BCUT2D eigenvalue weighted by molar-refractivity contribution is -0.385. The summed E-state index contributed by atoms with van der Waals surface area (Å²) in [5, 5.41) is 20.7. The molecule has 0 spiro atoms. The van der Waals surface area contributed by atoms with Crippen LogP contribution in [-0.4, -0.2) is 22.6 Å². The molecule has 1 aliphatic heterocycles. The molecule has 2 heterocycles. The van der Waals surface area contributed by atoms with E-state index in [4.69, 9.17) is 19.6 Å². The van der Waals surface area contributed by atoms with Crippen LogP contribution in [0.15, 0.2) is 88.3 Å². The van der Waals surface area contributed by atoms with Crippen LogP contribution in [0.3, 0.4) is 0 Å². The summed E-state index contributed by atoms with van der Waals surface area (Å²) in [5.74, 6) is 0.792. The van der Waals surface area contributed by atoms with Crippen LogP contribution in [0.1, 0.15) is 16.7 Å². The van der Waals surface area contributed by atoms with E-state index in [1.54, 1.807) is 10.7 Å². The number of fused-ring (bicyclic) bond motifs is 2. The van der Waals surface area contributed by atoms with Crippen molar-refractivity contribution in [3.05, 3.63) is 110 Å². The van der Waals surface area contributed by atoms with Crippen molar-refractivity contribution in [3.63, 3.8) is 0 Å². The highest BCUT2D eigenvalue weighted by molar-refractivity contribution is 7.07. The van der Waals surface area contributed by atoms with Crippen molar-refractivity contribution in [2.45, 2.75) is 13.8 Å². The van der Waals surface area contributed by atoms with Gasteiger partial charge in [-0.15, -0.1) is 11.3 Å². The molecule has 188 valence electrons. The molecule has 9 heteroatoms. The zero-order valence-electron chi connectivity index (χ0n) is 20.6.